The molecule has 2 aliphatic rings. The molecule has 2 saturated carbocycles. The summed E-state index contributed by atoms with van der Waals surface area (Å²) < 4.78 is 3.35. The van der Waals surface area contributed by atoms with Gasteiger partial charge in [-0.05, 0) is 75.9 Å². The van der Waals surface area contributed by atoms with Gasteiger partial charge in [-0.25, -0.2) is 19.3 Å². The number of pyridine rings is 2. The second-order valence-electron chi connectivity index (χ2n) is 12.2. The van der Waals surface area contributed by atoms with Gasteiger partial charge >= 0.3 is 0 Å². The summed E-state index contributed by atoms with van der Waals surface area (Å²) in [5.74, 6) is 3.52. The van der Waals surface area contributed by atoms with Gasteiger partial charge in [-0.15, -0.1) is 0 Å². The Morgan fingerprint density at radius 3 is 1.52 bits per heavy atom. The fourth-order valence-electron chi connectivity index (χ4n) is 5.19. The van der Waals surface area contributed by atoms with Crippen molar-refractivity contribution in [3.8, 4) is 11.6 Å². The molecule has 8 rings (SSSR count). The molecule has 6 aromatic rings. The number of rotatable bonds is 10. The summed E-state index contributed by atoms with van der Waals surface area (Å²) in [5.41, 5.74) is 5.42. The maximum Gasteiger partial charge on any atom is 0.231 e. The molecular formula is C34H36N12O2. The molecule has 0 unspecified atom stereocenters. The zero-order chi connectivity index (χ0) is 33.0. The van der Waals surface area contributed by atoms with Crippen LogP contribution in [0, 0.1) is 13.8 Å². The van der Waals surface area contributed by atoms with Gasteiger partial charge < -0.3 is 10.6 Å². The molecule has 2 amide bonds. The molecule has 14 heteroatoms. The second-order valence-corrected chi connectivity index (χ2v) is 12.2. The molecule has 0 atom stereocenters. The number of aromatic amines is 2. The Labute approximate surface area is 276 Å². The molecule has 6 heterocycles. The normalized spacial score (nSPS) is 13.9. The van der Waals surface area contributed by atoms with Gasteiger partial charge in [0.15, 0.2) is 23.3 Å². The molecule has 6 aromatic heterocycles. The first-order valence-electron chi connectivity index (χ1n) is 16.0. The summed E-state index contributed by atoms with van der Waals surface area (Å²) in [4.78, 5) is 33.1. The van der Waals surface area contributed by atoms with Gasteiger partial charge in [0.2, 0.25) is 11.8 Å². The highest BCUT2D eigenvalue weighted by molar-refractivity contribution is 5.91. The van der Waals surface area contributed by atoms with Crippen molar-refractivity contribution in [3.63, 3.8) is 0 Å². The SMILES string of the molecule is Cc1cccc(-n2ccc(CC(=O)Nc3cc(C4CC4)[nH]n3)n2)n1.Cc1cccc(-n2ccc(CC(=O)Nc3cc(C4CC4)[nH]n3)n2)n1. The van der Waals surface area contributed by atoms with Crippen LogP contribution >= 0.6 is 0 Å². The van der Waals surface area contributed by atoms with Crippen molar-refractivity contribution in [2.75, 3.05) is 10.6 Å². The van der Waals surface area contributed by atoms with Crippen LogP contribution in [0.3, 0.4) is 0 Å². The number of anilines is 2. The minimum absolute atomic E-state index is 0.133. The number of amides is 2. The van der Waals surface area contributed by atoms with Crippen LogP contribution in [0.4, 0.5) is 11.6 Å². The summed E-state index contributed by atoms with van der Waals surface area (Å²) in [6, 6.07) is 19.0. The molecule has 0 radical (unpaired) electrons. The molecule has 2 fully saturated rings. The van der Waals surface area contributed by atoms with Gasteiger partial charge in [-0.1, -0.05) is 12.1 Å². The molecule has 0 bridgehead atoms. The third kappa shape index (κ3) is 7.89. The predicted octanol–water partition coefficient (Wildman–Crippen LogP) is 4.71. The summed E-state index contributed by atoms with van der Waals surface area (Å²) in [5, 5.41) is 28.6. The van der Waals surface area contributed by atoms with E-state index in [-0.39, 0.29) is 24.7 Å². The smallest absolute Gasteiger partial charge is 0.231 e. The highest BCUT2D eigenvalue weighted by atomic mass is 16.2. The van der Waals surface area contributed by atoms with E-state index in [4.69, 9.17) is 0 Å². The van der Waals surface area contributed by atoms with Crippen molar-refractivity contribution >= 4 is 23.5 Å². The maximum absolute atomic E-state index is 12.1. The van der Waals surface area contributed by atoms with Gasteiger partial charge in [0.1, 0.15) is 0 Å². The Hall–Kier alpha value is -5.92. The Balaban J connectivity index is 0.000000152. The lowest BCUT2D eigenvalue weighted by Gasteiger charge is -2.01. The minimum atomic E-state index is -0.133. The summed E-state index contributed by atoms with van der Waals surface area (Å²) in [6.07, 6.45) is 8.79. The monoisotopic (exact) mass is 644 g/mol. The Bertz CT molecular complexity index is 1900. The molecule has 0 aromatic carbocycles. The lowest BCUT2D eigenvalue weighted by molar-refractivity contribution is -0.116. The number of H-pyrrole nitrogens is 2. The van der Waals surface area contributed by atoms with Crippen LogP contribution in [-0.2, 0) is 22.4 Å². The Morgan fingerprint density at radius 1 is 0.688 bits per heavy atom. The van der Waals surface area contributed by atoms with Crippen LogP contribution in [0.1, 0.15) is 71.7 Å². The predicted molar refractivity (Wildman–Crippen MR) is 178 cm³/mol. The topological polar surface area (TPSA) is 177 Å². The number of carbonyl (C=O) groups is 2. The average Bonchev–Trinajstić information content (AvgIpc) is 3.87. The number of hydrogen-bond acceptors (Lipinski definition) is 8. The summed E-state index contributed by atoms with van der Waals surface area (Å²) in [6.45, 7) is 3.86. The molecule has 244 valence electrons. The lowest BCUT2D eigenvalue weighted by atomic mass is 10.3. The van der Waals surface area contributed by atoms with Crippen LogP contribution in [0.15, 0.2) is 73.1 Å². The number of aryl methyl sites for hydroxylation is 2. The van der Waals surface area contributed by atoms with E-state index in [0.717, 1.165) is 34.4 Å². The van der Waals surface area contributed by atoms with Gasteiger partial charge in [-0.3, -0.25) is 19.8 Å². The Morgan fingerprint density at radius 2 is 1.12 bits per heavy atom. The van der Waals surface area contributed by atoms with Gasteiger partial charge in [0.05, 0.1) is 24.2 Å². The van der Waals surface area contributed by atoms with E-state index in [9.17, 15) is 9.59 Å². The van der Waals surface area contributed by atoms with Gasteiger partial charge in [-0.2, -0.15) is 20.4 Å². The summed E-state index contributed by atoms with van der Waals surface area (Å²) >= 11 is 0. The van der Waals surface area contributed by atoms with Gasteiger partial charge in [0, 0.05) is 59.1 Å². The van der Waals surface area contributed by atoms with Crippen LogP contribution in [0.25, 0.3) is 11.6 Å². The molecule has 48 heavy (non-hydrogen) atoms. The van der Waals surface area contributed by atoms with Crippen molar-refractivity contribution in [1.82, 2.24) is 49.9 Å². The van der Waals surface area contributed by atoms with Crippen LogP contribution in [0.2, 0.25) is 0 Å². The first-order valence-corrected chi connectivity index (χ1v) is 16.0. The molecule has 4 N–H and O–H groups in total. The zero-order valence-corrected chi connectivity index (χ0v) is 26.7. The average molecular weight is 645 g/mol. The number of hydrogen-bond donors (Lipinski definition) is 4. The largest absolute Gasteiger partial charge is 0.309 e. The third-order valence-corrected chi connectivity index (χ3v) is 7.95. The van der Waals surface area contributed by atoms with E-state index < -0.39 is 0 Å². The molecule has 2 aliphatic carbocycles. The molecular weight excluding hydrogens is 608 g/mol. The first-order chi connectivity index (χ1) is 23.3. The van der Waals surface area contributed by atoms with Gasteiger partial charge in [0.25, 0.3) is 0 Å². The third-order valence-electron chi connectivity index (χ3n) is 7.95. The molecule has 0 aliphatic heterocycles. The molecule has 14 nitrogen and oxygen atoms in total. The van der Waals surface area contributed by atoms with Crippen LogP contribution < -0.4 is 10.6 Å². The van der Waals surface area contributed by atoms with E-state index in [0.29, 0.717) is 34.9 Å². The lowest BCUT2D eigenvalue weighted by Crippen LogP contribution is -2.15. The molecule has 0 saturated heterocycles. The fraction of sp³-hybridized carbons (Fsp3) is 0.294. The van der Waals surface area contributed by atoms with Crippen molar-refractivity contribution in [2.24, 2.45) is 0 Å². The molecule has 0 spiro atoms. The van der Waals surface area contributed by atoms with Crippen LogP contribution in [-0.4, -0.2) is 61.7 Å². The highest BCUT2D eigenvalue weighted by Gasteiger charge is 2.26. The second kappa shape index (κ2) is 13.4. The number of carbonyl (C=O) groups excluding carboxylic acids is 2. The standard InChI is InChI=1S/2C17H18N6O/c2*1-11-3-2-4-16(18-11)23-8-7-13(22-23)9-17(24)19-15-10-14(20-21-15)12-5-6-12/h2*2-4,7-8,10,12H,5-6,9H2,1H3,(H2,19,20,21,24). The van der Waals surface area contributed by atoms with Crippen molar-refractivity contribution < 1.29 is 9.59 Å². The van der Waals surface area contributed by atoms with E-state index in [1.807, 2.05) is 86.9 Å². The quantitative estimate of drug-likeness (QED) is 0.166. The fourth-order valence-corrected chi connectivity index (χ4v) is 5.19. The first kappa shape index (κ1) is 30.7. The van der Waals surface area contributed by atoms with Crippen molar-refractivity contribution in [2.45, 2.75) is 64.2 Å². The minimum Gasteiger partial charge on any atom is -0.309 e. The number of nitrogens with one attached hydrogen (secondary N) is 4. The summed E-state index contributed by atoms with van der Waals surface area (Å²) in [7, 11) is 0. The van der Waals surface area contributed by atoms with E-state index in [1.54, 1.807) is 9.36 Å². The number of aromatic nitrogens is 10. The van der Waals surface area contributed by atoms with E-state index in [2.05, 4.69) is 51.2 Å². The van der Waals surface area contributed by atoms with E-state index >= 15 is 0 Å². The van der Waals surface area contributed by atoms with E-state index in [1.165, 1.54) is 25.7 Å². The highest BCUT2D eigenvalue weighted by Crippen LogP contribution is 2.40. The van der Waals surface area contributed by atoms with Crippen molar-refractivity contribution in [3.05, 3.63) is 107 Å². The van der Waals surface area contributed by atoms with Crippen molar-refractivity contribution in [1.29, 1.82) is 0 Å². The number of nitrogens with zero attached hydrogens (tertiary/aromatic N) is 8. The maximum atomic E-state index is 12.1. The van der Waals surface area contributed by atoms with Crippen LogP contribution in [0.5, 0.6) is 0 Å². The Kier molecular flexibility index (Phi) is 8.60. The zero-order valence-electron chi connectivity index (χ0n) is 26.7.